The van der Waals surface area contributed by atoms with E-state index in [1.165, 1.54) is 0 Å². The van der Waals surface area contributed by atoms with Gasteiger partial charge in [-0.25, -0.2) is 4.79 Å². The first-order valence-corrected chi connectivity index (χ1v) is 6.12. The Morgan fingerprint density at radius 1 is 1.35 bits per heavy atom. The van der Waals surface area contributed by atoms with Crippen molar-refractivity contribution in [1.82, 2.24) is 5.32 Å². The van der Waals surface area contributed by atoms with E-state index in [1.54, 1.807) is 6.92 Å². The maximum atomic E-state index is 11.4. The van der Waals surface area contributed by atoms with Gasteiger partial charge in [0.25, 0.3) is 0 Å². The standard InChI is InChI=1S/C12H23NO4/c1-4-6-7-17-8-10(14)13-11(12(15)16)9(3)5-2/h9,11H,4-8H2,1-3H3,(H,13,14)(H,15,16). The molecule has 2 unspecified atom stereocenters. The Bertz CT molecular complexity index is 243. The van der Waals surface area contributed by atoms with Crippen molar-refractivity contribution in [1.29, 1.82) is 0 Å². The molecular formula is C12H23NO4. The fourth-order valence-corrected chi connectivity index (χ4v) is 1.31. The summed E-state index contributed by atoms with van der Waals surface area (Å²) >= 11 is 0. The zero-order valence-electron chi connectivity index (χ0n) is 10.9. The number of carbonyl (C=O) groups is 2. The van der Waals surface area contributed by atoms with E-state index in [0.717, 1.165) is 12.8 Å². The summed E-state index contributed by atoms with van der Waals surface area (Å²) < 4.78 is 5.12. The van der Waals surface area contributed by atoms with Gasteiger partial charge < -0.3 is 15.2 Å². The summed E-state index contributed by atoms with van der Waals surface area (Å²) in [5.74, 6) is -1.46. The number of aliphatic carboxylic acids is 1. The number of carboxylic acids is 1. The van der Waals surface area contributed by atoms with Gasteiger partial charge in [-0.15, -0.1) is 0 Å². The van der Waals surface area contributed by atoms with E-state index in [0.29, 0.717) is 13.0 Å². The SMILES string of the molecule is CCCCOCC(=O)NC(C(=O)O)C(C)CC. The highest BCUT2D eigenvalue weighted by Crippen LogP contribution is 2.07. The minimum Gasteiger partial charge on any atom is -0.480 e. The molecule has 0 heterocycles. The summed E-state index contributed by atoms with van der Waals surface area (Å²) in [6, 6.07) is -0.831. The van der Waals surface area contributed by atoms with Crippen LogP contribution in [-0.2, 0) is 14.3 Å². The van der Waals surface area contributed by atoms with Gasteiger partial charge in [-0.05, 0) is 12.3 Å². The fraction of sp³-hybridized carbons (Fsp3) is 0.833. The summed E-state index contributed by atoms with van der Waals surface area (Å²) in [6.07, 6.45) is 2.61. The number of hydrogen-bond acceptors (Lipinski definition) is 3. The maximum absolute atomic E-state index is 11.4. The first-order valence-electron chi connectivity index (χ1n) is 6.12. The molecule has 0 rings (SSSR count). The molecule has 0 radical (unpaired) electrons. The Balaban J connectivity index is 4.00. The van der Waals surface area contributed by atoms with Crippen molar-refractivity contribution in [2.75, 3.05) is 13.2 Å². The van der Waals surface area contributed by atoms with Crippen LogP contribution < -0.4 is 5.32 Å². The molecule has 0 spiro atoms. The van der Waals surface area contributed by atoms with Gasteiger partial charge >= 0.3 is 5.97 Å². The van der Waals surface area contributed by atoms with E-state index >= 15 is 0 Å². The number of unbranched alkanes of at least 4 members (excludes halogenated alkanes) is 1. The van der Waals surface area contributed by atoms with Gasteiger partial charge in [0.05, 0.1) is 0 Å². The average molecular weight is 245 g/mol. The van der Waals surface area contributed by atoms with Gasteiger partial charge in [0.2, 0.25) is 5.91 Å². The normalized spacial score (nSPS) is 14.1. The Morgan fingerprint density at radius 3 is 2.47 bits per heavy atom. The molecule has 0 aliphatic rings. The van der Waals surface area contributed by atoms with Crippen molar-refractivity contribution in [2.24, 2.45) is 5.92 Å². The van der Waals surface area contributed by atoms with Crippen LogP contribution in [0.25, 0.3) is 0 Å². The molecule has 5 heteroatoms. The molecular weight excluding hydrogens is 222 g/mol. The second-order valence-corrected chi connectivity index (χ2v) is 4.18. The fourth-order valence-electron chi connectivity index (χ4n) is 1.31. The third-order valence-corrected chi connectivity index (χ3v) is 2.67. The Hall–Kier alpha value is -1.10. The molecule has 0 aromatic rings. The van der Waals surface area contributed by atoms with Crippen LogP contribution >= 0.6 is 0 Å². The lowest BCUT2D eigenvalue weighted by Crippen LogP contribution is -2.46. The van der Waals surface area contributed by atoms with E-state index in [1.807, 2.05) is 13.8 Å². The minimum absolute atomic E-state index is 0.0692. The molecule has 5 nitrogen and oxygen atoms in total. The van der Waals surface area contributed by atoms with Gasteiger partial charge in [0, 0.05) is 6.61 Å². The Labute approximate surface area is 103 Å². The molecule has 100 valence electrons. The van der Waals surface area contributed by atoms with Crippen LogP contribution in [0.4, 0.5) is 0 Å². The van der Waals surface area contributed by atoms with Crippen LogP contribution in [0.3, 0.4) is 0 Å². The molecule has 1 amide bonds. The quantitative estimate of drug-likeness (QED) is 0.602. The van der Waals surface area contributed by atoms with E-state index in [4.69, 9.17) is 9.84 Å². The first-order chi connectivity index (χ1) is 8.02. The highest BCUT2D eigenvalue weighted by Gasteiger charge is 2.24. The number of carboxylic acid groups (broad SMARTS) is 1. The van der Waals surface area contributed by atoms with Crippen molar-refractivity contribution in [3.63, 3.8) is 0 Å². The molecule has 2 N–H and O–H groups in total. The van der Waals surface area contributed by atoms with E-state index < -0.39 is 12.0 Å². The van der Waals surface area contributed by atoms with Gasteiger partial charge in [-0.3, -0.25) is 4.79 Å². The summed E-state index contributed by atoms with van der Waals surface area (Å²) in [4.78, 5) is 22.4. The number of hydrogen-bond donors (Lipinski definition) is 2. The Morgan fingerprint density at radius 2 is 2.00 bits per heavy atom. The van der Waals surface area contributed by atoms with Crippen LogP contribution in [0.15, 0.2) is 0 Å². The molecule has 0 saturated heterocycles. The number of ether oxygens (including phenoxy) is 1. The molecule has 0 aliphatic heterocycles. The topological polar surface area (TPSA) is 75.6 Å². The molecule has 0 bridgehead atoms. The number of carbonyl (C=O) groups excluding carboxylic acids is 1. The summed E-state index contributed by atoms with van der Waals surface area (Å²) in [6.45, 7) is 6.19. The maximum Gasteiger partial charge on any atom is 0.326 e. The Kier molecular flexibility index (Phi) is 8.40. The molecule has 0 aliphatic carbocycles. The second-order valence-electron chi connectivity index (χ2n) is 4.18. The molecule has 0 aromatic heterocycles. The molecule has 0 fully saturated rings. The number of rotatable bonds is 9. The van der Waals surface area contributed by atoms with Crippen LogP contribution in [0, 0.1) is 5.92 Å². The largest absolute Gasteiger partial charge is 0.480 e. The van der Waals surface area contributed by atoms with Crippen LogP contribution in [-0.4, -0.2) is 36.2 Å². The van der Waals surface area contributed by atoms with Gasteiger partial charge in [-0.2, -0.15) is 0 Å². The zero-order valence-corrected chi connectivity index (χ0v) is 10.9. The first kappa shape index (κ1) is 15.9. The monoisotopic (exact) mass is 245 g/mol. The second kappa shape index (κ2) is 8.98. The van der Waals surface area contributed by atoms with Crippen molar-refractivity contribution in [3.05, 3.63) is 0 Å². The third-order valence-electron chi connectivity index (χ3n) is 2.67. The predicted molar refractivity (Wildman–Crippen MR) is 64.7 cm³/mol. The zero-order chi connectivity index (χ0) is 13.3. The lowest BCUT2D eigenvalue weighted by molar-refractivity contribution is -0.144. The van der Waals surface area contributed by atoms with Crippen LogP contribution in [0.2, 0.25) is 0 Å². The van der Waals surface area contributed by atoms with Crippen molar-refractivity contribution < 1.29 is 19.4 Å². The summed E-state index contributed by atoms with van der Waals surface area (Å²) in [5.41, 5.74) is 0. The predicted octanol–water partition coefficient (Wildman–Crippen LogP) is 1.42. The van der Waals surface area contributed by atoms with Crippen molar-refractivity contribution >= 4 is 11.9 Å². The lowest BCUT2D eigenvalue weighted by atomic mass is 9.99. The van der Waals surface area contributed by atoms with Crippen LogP contribution in [0.1, 0.15) is 40.0 Å². The molecule has 0 saturated carbocycles. The van der Waals surface area contributed by atoms with E-state index in [9.17, 15) is 9.59 Å². The summed E-state index contributed by atoms with van der Waals surface area (Å²) in [5, 5.41) is 11.5. The van der Waals surface area contributed by atoms with Gasteiger partial charge in [0.15, 0.2) is 0 Å². The van der Waals surface area contributed by atoms with E-state index in [2.05, 4.69) is 5.32 Å². The van der Waals surface area contributed by atoms with Crippen LogP contribution in [0.5, 0.6) is 0 Å². The third kappa shape index (κ3) is 6.94. The number of amides is 1. The smallest absolute Gasteiger partial charge is 0.326 e. The minimum atomic E-state index is -0.999. The van der Waals surface area contributed by atoms with Gasteiger partial charge in [-0.1, -0.05) is 33.6 Å². The lowest BCUT2D eigenvalue weighted by Gasteiger charge is -2.20. The number of nitrogens with one attached hydrogen (secondary N) is 1. The molecule has 0 aromatic carbocycles. The van der Waals surface area contributed by atoms with E-state index in [-0.39, 0.29) is 18.4 Å². The molecule has 2 atom stereocenters. The van der Waals surface area contributed by atoms with Crippen molar-refractivity contribution in [2.45, 2.75) is 46.1 Å². The summed E-state index contributed by atoms with van der Waals surface area (Å²) in [7, 11) is 0. The van der Waals surface area contributed by atoms with Gasteiger partial charge in [0.1, 0.15) is 12.6 Å². The molecule has 17 heavy (non-hydrogen) atoms. The average Bonchev–Trinajstić information content (AvgIpc) is 2.30. The van der Waals surface area contributed by atoms with Crippen molar-refractivity contribution in [3.8, 4) is 0 Å². The highest BCUT2D eigenvalue weighted by molar-refractivity contribution is 5.84. The highest BCUT2D eigenvalue weighted by atomic mass is 16.5.